The predicted octanol–water partition coefficient (Wildman–Crippen LogP) is 4.84. The van der Waals surface area contributed by atoms with Crippen molar-refractivity contribution >= 4 is 15.9 Å². The molecule has 1 saturated heterocycles. The first-order chi connectivity index (χ1) is 9.79. The van der Waals surface area contributed by atoms with Crippen LogP contribution in [-0.4, -0.2) is 19.3 Å². The molecule has 0 aromatic heterocycles. The summed E-state index contributed by atoms with van der Waals surface area (Å²) in [5.41, 5.74) is 1.40. The zero-order valence-electron chi connectivity index (χ0n) is 12.4. The lowest BCUT2D eigenvalue weighted by atomic mass is 9.99. The lowest BCUT2D eigenvalue weighted by molar-refractivity contribution is 0.101. The molecule has 2 atom stereocenters. The first-order valence-electron chi connectivity index (χ1n) is 7.90. The average Bonchev–Trinajstić information content (AvgIpc) is 2.97. The van der Waals surface area contributed by atoms with Crippen molar-refractivity contribution in [1.29, 1.82) is 0 Å². The molecule has 20 heavy (non-hydrogen) atoms. The van der Waals surface area contributed by atoms with Crippen molar-refractivity contribution < 1.29 is 4.74 Å². The van der Waals surface area contributed by atoms with Gasteiger partial charge < -0.3 is 10.1 Å². The van der Waals surface area contributed by atoms with Crippen molar-refractivity contribution in [1.82, 2.24) is 5.32 Å². The molecule has 2 unspecified atom stereocenters. The summed E-state index contributed by atoms with van der Waals surface area (Å²) in [6.45, 7) is 4.27. The monoisotopic (exact) mass is 339 g/mol. The average molecular weight is 340 g/mol. The van der Waals surface area contributed by atoms with Gasteiger partial charge in [-0.25, -0.2) is 0 Å². The number of halogens is 1. The third kappa shape index (κ3) is 5.19. The Balaban J connectivity index is 1.84. The molecule has 2 nitrogen and oxygen atoms in total. The van der Waals surface area contributed by atoms with Gasteiger partial charge in [-0.15, -0.1) is 0 Å². The highest BCUT2D eigenvalue weighted by molar-refractivity contribution is 9.10. The summed E-state index contributed by atoms with van der Waals surface area (Å²) in [4.78, 5) is 0. The smallest absolute Gasteiger partial charge is 0.0576 e. The van der Waals surface area contributed by atoms with E-state index in [-0.39, 0.29) is 0 Å². The highest BCUT2D eigenvalue weighted by atomic mass is 79.9. The van der Waals surface area contributed by atoms with Gasteiger partial charge >= 0.3 is 0 Å². The molecule has 1 aliphatic rings. The van der Waals surface area contributed by atoms with Crippen LogP contribution >= 0.6 is 15.9 Å². The number of hydrogen-bond donors (Lipinski definition) is 1. The molecule has 0 aliphatic carbocycles. The van der Waals surface area contributed by atoms with E-state index in [4.69, 9.17) is 4.74 Å². The molecule has 0 spiro atoms. The Kier molecular flexibility index (Phi) is 7.05. The van der Waals surface area contributed by atoms with E-state index in [1.165, 1.54) is 44.1 Å². The van der Waals surface area contributed by atoms with Crippen LogP contribution in [0.5, 0.6) is 0 Å². The van der Waals surface area contributed by atoms with Gasteiger partial charge in [-0.05, 0) is 62.8 Å². The minimum Gasteiger partial charge on any atom is -0.378 e. The van der Waals surface area contributed by atoms with Crippen LogP contribution in [0, 0.1) is 0 Å². The van der Waals surface area contributed by atoms with E-state index in [1.807, 2.05) is 0 Å². The summed E-state index contributed by atoms with van der Waals surface area (Å²) < 4.78 is 6.86. The second kappa shape index (κ2) is 8.81. The lowest BCUT2D eigenvalue weighted by Crippen LogP contribution is -2.22. The highest BCUT2D eigenvalue weighted by Gasteiger charge is 2.16. The van der Waals surface area contributed by atoms with Gasteiger partial charge in [-0.3, -0.25) is 0 Å². The minimum absolute atomic E-state index is 0.476. The Morgan fingerprint density at radius 3 is 2.80 bits per heavy atom. The van der Waals surface area contributed by atoms with Crippen LogP contribution in [0.4, 0.5) is 0 Å². The van der Waals surface area contributed by atoms with Crippen LogP contribution in [0.3, 0.4) is 0 Å². The molecule has 112 valence electrons. The van der Waals surface area contributed by atoms with Gasteiger partial charge in [0.25, 0.3) is 0 Å². The first kappa shape index (κ1) is 16.0. The van der Waals surface area contributed by atoms with Crippen molar-refractivity contribution in [2.45, 2.75) is 57.6 Å². The van der Waals surface area contributed by atoms with Crippen LogP contribution in [0.15, 0.2) is 28.7 Å². The normalized spacial score (nSPS) is 20.2. The number of hydrogen-bond acceptors (Lipinski definition) is 2. The van der Waals surface area contributed by atoms with E-state index in [1.54, 1.807) is 0 Å². The minimum atomic E-state index is 0.476. The van der Waals surface area contributed by atoms with Crippen LogP contribution < -0.4 is 5.32 Å². The fourth-order valence-corrected chi connectivity index (χ4v) is 3.09. The zero-order chi connectivity index (χ0) is 14.2. The van der Waals surface area contributed by atoms with Gasteiger partial charge in [0, 0.05) is 17.1 Å². The van der Waals surface area contributed by atoms with Crippen LogP contribution in [0.2, 0.25) is 0 Å². The molecular formula is C17H26BrNO. The fourth-order valence-electron chi connectivity index (χ4n) is 2.82. The van der Waals surface area contributed by atoms with Crippen LogP contribution in [-0.2, 0) is 4.74 Å². The molecule has 1 heterocycles. The first-order valence-corrected chi connectivity index (χ1v) is 8.69. The molecule has 2 rings (SSSR count). The summed E-state index contributed by atoms with van der Waals surface area (Å²) >= 11 is 3.51. The second-order valence-corrected chi connectivity index (χ2v) is 6.54. The Morgan fingerprint density at radius 2 is 2.15 bits per heavy atom. The Hall–Kier alpha value is -0.380. The molecule has 3 heteroatoms. The molecule has 1 N–H and O–H groups in total. The Morgan fingerprint density at radius 1 is 1.35 bits per heavy atom. The van der Waals surface area contributed by atoms with Crippen molar-refractivity contribution in [3.63, 3.8) is 0 Å². The Bertz CT molecular complexity index is 373. The molecule has 1 aliphatic heterocycles. The molecule has 1 fully saturated rings. The number of benzene rings is 1. The van der Waals surface area contributed by atoms with Crippen LogP contribution in [0.1, 0.15) is 57.1 Å². The maximum atomic E-state index is 5.71. The second-order valence-electron chi connectivity index (χ2n) is 5.62. The molecule has 0 saturated carbocycles. The van der Waals surface area contributed by atoms with E-state index in [0.717, 1.165) is 17.6 Å². The maximum Gasteiger partial charge on any atom is 0.0576 e. The quantitative estimate of drug-likeness (QED) is 0.731. The summed E-state index contributed by atoms with van der Waals surface area (Å²) in [5.74, 6) is 0. The van der Waals surface area contributed by atoms with Crippen molar-refractivity contribution in [2.75, 3.05) is 13.2 Å². The summed E-state index contributed by atoms with van der Waals surface area (Å²) in [6, 6.07) is 9.20. The standard InChI is InChI=1S/C17H26BrNO/c1-2-12-19-17(14-8-10-15(18)11-9-14)7-3-5-16-6-4-13-20-16/h8-11,16-17,19H,2-7,12-13H2,1H3. The molecule has 1 aromatic rings. The molecule has 0 bridgehead atoms. The zero-order valence-corrected chi connectivity index (χ0v) is 14.0. The summed E-state index contributed by atoms with van der Waals surface area (Å²) in [5, 5.41) is 3.67. The van der Waals surface area contributed by atoms with Gasteiger partial charge in [0.05, 0.1) is 6.10 Å². The molecular weight excluding hydrogens is 314 g/mol. The van der Waals surface area contributed by atoms with E-state index < -0.39 is 0 Å². The Labute approximate surface area is 131 Å². The number of rotatable bonds is 8. The van der Waals surface area contributed by atoms with Crippen molar-refractivity contribution in [2.24, 2.45) is 0 Å². The largest absolute Gasteiger partial charge is 0.378 e. The van der Waals surface area contributed by atoms with Gasteiger partial charge in [0.2, 0.25) is 0 Å². The number of ether oxygens (including phenoxy) is 1. The van der Waals surface area contributed by atoms with Gasteiger partial charge in [-0.2, -0.15) is 0 Å². The lowest BCUT2D eigenvalue weighted by Gasteiger charge is -2.20. The maximum absolute atomic E-state index is 5.71. The van der Waals surface area contributed by atoms with E-state index in [2.05, 4.69) is 52.4 Å². The highest BCUT2D eigenvalue weighted by Crippen LogP contribution is 2.24. The molecule has 1 aromatic carbocycles. The third-order valence-corrected chi connectivity index (χ3v) is 4.48. The van der Waals surface area contributed by atoms with E-state index in [0.29, 0.717) is 12.1 Å². The summed E-state index contributed by atoms with van der Waals surface area (Å²) in [6.07, 6.45) is 7.84. The number of nitrogens with one attached hydrogen (secondary N) is 1. The fraction of sp³-hybridized carbons (Fsp3) is 0.647. The van der Waals surface area contributed by atoms with Gasteiger partial charge in [-0.1, -0.05) is 35.0 Å². The SMILES string of the molecule is CCCNC(CCCC1CCCO1)c1ccc(Br)cc1. The van der Waals surface area contributed by atoms with Crippen LogP contribution in [0.25, 0.3) is 0 Å². The molecule has 0 radical (unpaired) electrons. The van der Waals surface area contributed by atoms with E-state index >= 15 is 0 Å². The van der Waals surface area contributed by atoms with Crippen molar-refractivity contribution in [3.05, 3.63) is 34.3 Å². The van der Waals surface area contributed by atoms with Crippen molar-refractivity contribution in [3.8, 4) is 0 Å². The van der Waals surface area contributed by atoms with Gasteiger partial charge in [0.1, 0.15) is 0 Å². The third-order valence-electron chi connectivity index (χ3n) is 3.96. The summed E-state index contributed by atoms with van der Waals surface area (Å²) in [7, 11) is 0. The molecule has 0 amide bonds. The topological polar surface area (TPSA) is 21.3 Å². The van der Waals surface area contributed by atoms with Gasteiger partial charge in [0.15, 0.2) is 0 Å². The van der Waals surface area contributed by atoms with E-state index in [9.17, 15) is 0 Å². The predicted molar refractivity (Wildman–Crippen MR) is 88.0 cm³/mol.